The predicted octanol–water partition coefficient (Wildman–Crippen LogP) is -1.23. The monoisotopic (exact) mass is 344 g/mol. The van der Waals surface area contributed by atoms with Crippen molar-refractivity contribution in [1.29, 1.82) is 0 Å². The molecule has 0 radical (unpaired) electrons. The summed E-state index contributed by atoms with van der Waals surface area (Å²) >= 11 is 0. The number of aromatic nitrogens is 1. The van der Waals surface area contributed by atoms with Gasteiger partial charge in [-0.2, -0.15) is 0 Å². The Bertz CT molecular complexity index is 605. The Morgan fingerprint density at radius 3 is 2.57 bits per heavy atom. The number of anilines is 1. The molecular formula is C15H18FKN4O2. The van der Waals surface area contributed by atoms with Crippen molar-refractivity contribution in [3.63, 3.8) is 0 Å². The zero-order valence-corrected chi connectivity index (χ0v) is 16.3. The third kappa shape index (κ3) is 4.37. The van der Waals surface area contributed by atoms with E-state index >= 15 is 0 Å². The van der Waals surface area contributed by atoms with Crippen molar-refractivity contribution in [2.75, 3.05) is 18.0 Å². The molecule has 1 aromatic rings. The van der Waals surface area contributed by atoms with Crippen LogP contribution in [0.15, 0.2) is 12.3 Å². The summed E-state index contributed by atoms with van der Waals surface area (Å²) in [7, 11) is 0. The van der Waals surface area contributed by atoms with Crippen LogP contribution in [0.5, 0.6) is 0 Å². The summed E-state index contributed by atoms with van der Waals surface area (Å²) in [6.07, 6.45) is 3.57. The second-order valence-electron chi connectivity index (χ2n) is 5.84. The number of hydrogen-bond acceptors (Lipinski definition) is 4. The van der Waals surface area contributed by atoms with Gasteiger partial charge in [0.15, 0.2) is 11.6 Å². The number of nitrogens with one attached hydrogen (secondary N) is 2. The van der Waals surface area contributed by atoms with Crippen molar-refractivity contribution in [1.82, 2.24) is 10.3 Å². The molecule has 3 rings (SSSR count). The molecule has 2 aliphatic rings. The van der Waals surface area contributed by atoms with Gasteiger partial charge in [0.25, 0.3) is 0 Å². The molecule has 118 valence electrons. The van der Waals surface area contributed by atoms with Gasteiger partial charge in [-0.05, 0) is 18.1 Å². The van der Waals surface area contributed by atoms with Gasteiger partial charge in [0.05, 0.1) is 5.92 Å². The second kappa shape index (κ2) is 8.13. The smallest absolute Gasteiger partial charge is 0.675 e. The van der Waals surface area contributed by atoms with Crippen LogP contribution >= 0.6 is 0 Å². The third-order valence-corrected chi connectivity index (χ3v) is 4.28. The number of pyridine rings is 1. The molecule has 2 N–H and O–H groups in total. The molecule has 0 aliphatic carbocycles. The maximum absolute atomic E-state index is 14.3. The van der Waals surface area contributed by atoms with Gasteiger partial charge in [-0.25, -0.2) is 9.37 Å². The fourth-order valence-corrected chi connectivity index (χ4v) is 2.97. The van der Waals surface area contributed by atoms with Crippen LogP contribution < -0.4 is 61.6 Å². The Morgan fingerprint density at radius 2 is 1.96 bits per heavy atom. The van der Waals surface area contributed by atoms with Crippen molar-refractivity contribution < 1.29 is 65.4 Å². The molecule has 8 heteroatoms. The molecule has 23 heavy (non-hydrogen) atoms. The van der Waals surface area contributed by atoms with Crippen molar-refractivity contribution >= 4 is 17.6 Å². The van der Waals surface area contributed by atoms with Crippen LogP contribution in [0.4, 0.5) is 10.2 Å². The number of nitrogens with zero attached hydrogens (tertiary/aromatic N) is 2. The number of piperidine rings is 2. The number of amides is 2. The molecule has 2 amide bonds. The fourth-order valence-electron chi connectivity index (χ4n) is 2.97. The Labute approximate surface area is 176 Å². The summed E-state index contributed by atoms with van der Waals surface area (Å²) in [6, 6.07) is 1.26. The second-order valence-corrected chi connectivity index (χ2v) is 5.84. The van der Waals surface area contributed by atoms with Crippen LogP contribution in [0.3, 0.4) is 0 Å². The molecule has 0 bridgehead atoms. The number of halogens is 1. The van der Waals surface area contributed by atoms with Gasteiger partial charge in [-0.1, -0.05) is 12.8 Å². The first kappa shape index (κ1) is 18.9. The minimum atomic E-state index is -0.521. The summed E-state index contributed by atoms with van der Waals surface area (Å²) < 4.78 is 14.3. The van der Waals surface area contributed by atoms with E-state index in [1.165, 1.54) is 12.3 Å². The molecular weight excluding hydrogens is 326 g/mol. The van der Waals surface area contributed by atoms with Crippen LogP contribution in [0.1, 0.15) is 37.2 Å². The van der Waals surface area contributed by atoms with E-state index in [9.17, 15) is 14.0 Å². The standard InChI is InChI=1S/C15H18FN4O2.K/c16-12-7-9(11-1-2-13(21)19-15(11)22)8-18-14(12)20-5-3-10(17)4-6-20;/h7-8,10-11,17H,1-6H2,(H,19,21,22);/q-1;+1. The van der Waals surface area contributed by atoms with Crippen LogP contribution in [-0.4, -0.2) is 35.9 Å². The van der Waals surface area contributed by atoms with Crippen molar-refractivity contribution in [3.8, 4) is 0 Å². The van der Waals surface area contributed by atoms with Gasteiger partial charge in [0.1, 0.15) is 0 Å². The number of carbonyl (C=O) groups excluding carboxylic acids is 2. The Morgan fingerprint density at radius 1 is 1.26 bits per heavy atom. The van der Waals surface area contributed by atoms with Gasteiger partial charge in [-0.3, -0.25) is 14.9 Å². The van der Waals surface area contributed by atoms with Gasteiger partial charge in [0, 0.05) is 25.7 Å². The van der Waals surface area contributed by atoms with Crippen LogP contribution in [0.2, 0.25) is 0 Å². The number of carbonyl (C=O) groups is 2. The summed E-state index contributed by atoms with van der Waals surface area (Å²) in [5.74, 6) is -1.37. The van der Waals surface area contributed by atoms with E-state index in [0.717, 1.165) is 0 Å². The molecule has 3 heterocycles. The van der Waals surface area contributed by atoms with Crippen molar-refractivity contribution in [2.24, 2.45) is 0 Å². The zero-order valence-electron chi connectivity index (χ0n) is 13.1. The quantitative estimate of drug-likeness (QED) is 0.537. The summed E-state index contributed by atoms with van der Waals surface area (Å²) in [6.45, 7) is 1.24. The number of rotatable bonds is 2. The van der Waals surface area contributed by atoms with Crippen LogP contribution in [-0.2, 0) is 9.59 Å². The first-order chi connectivity index (χ1) is 10.5. The average molecular weight is 344 g/mol. The fraction of sp³-hybridized carbons (Fsp3) is 0.533. The molecule has 2 saturated heterocycles. The molecule has 0 saturated carbocycles. The Hall–Kier alpha value is -0.384. The van der Waals surface area contributed by atoms with Gasteiger partial charge in [-0.15, -0.1) is 6.04 Å². The van der Waals surface area contributed by atoms with E-state index in [-0.39, 0.29) is 81.5 Å². The zero-order chi connectivity index (χ0) is 15.7. The van der Waals surface area contributed by atoms with Crippen molar-refractivity contribution in [3.05, 3.63) is 29.4 Å². The molecule has 2 aliphatic heterocycles. The minimum Gasteiger partial charge on any atom is -0.675 e. The third-order valence-electron chi connectivity index (χ3n) is 4.28. The Balaban J connectivity index is 0.00000192. The number of imide groups is 1. The van der Waals surface area contributed by atoms with Crippen LogP contribution in [0.25, 0.3) is 5.73 Å². The first-order valence-electron chi connectivity index (χ1n) is 7.50. The molecule has 1 unspecified atom stereocenters. The van der Waals surface area contributed by atoms with Gasteiger partial charge in [0.2, 0.25) is 11.8 Å². The Kier molecular flexibility index (Phi) is 6.70. The average Bonchev–Trinajstić information content (AvgIpc) is 2.48. The summed E-state index contributed by atoms with van der Waals surface area (Å²) in [5, 5.41) is 2.27. The van der Waals surface area contributed by atoms with E-state index in [2.05, 4.69) is 10.3 Å². The van der Waals surface area contributed by atoms with E-state index in [1.54, 1.807) is 0 Å². The molecule has 2 fully saturated rings. The van der Waals surface area contributed by atoms with E-state index in [0.29, 0.717) is 37.9 Å². The molecule has 1 aromatic heterocycles. The number of hydrogen-bond donors (Lipinski definition) is 1. The van der Waals surface area contributed by atoms with E-state index in [4.69, 9.17) is 5.73 Å². The summed E-state index contributed by atoms with van der Waals surface area (Å²) in [4.78, 5) is 29.0. The van der Waals surface area contributed by atoms with E-state index < -0.39 is 11.7 Å². The first-order valence-corrected chi connectivity index (χ1v) is 7.50. The van der Waals surface area contributed by atoms with Crippen molar-refractivity contribution in [2.45, 2.75) is 37.6 Å². The summed E-state index contributed by atoms with van der Waals surface area (Å²) in [5.41, 5.74) is 8.17. The molecule has 1 atom stereocenters. The van der Waals surface area contributed by atoms with E-state index in [1.807, 2.05) is 4.90 Å². The largest absolute Gasteiger partial charge is 1.00 e. The topological polar surface area (TPSA) is 86.1 Å². The predicted molar refractivity (Wildman–Crippen MR) is 78.9 cm³/mol. The normalized spacial score (nSPS) is 22.5. The van der Waals surface area contributed by atoms with Gasteiger partial charge < -0.3 is 10.6 Å². The van der Waals surface area contributed by atoms with Crippen LogP contribution in [0, 0.1) is 5.82 Å². The van der Waals surface area contributed by atoms with Gasteiger partial charge >= 0.3 is 51.4 Å². The molecule has 0 aromatic carbocycles. The SMILES string of the molecule is [K+].[NH-]C1CCN(c2ncc(C3CCC(=O)NC3=O)cc2F)CC1. The molecule has 0 spiro atoms. The maximum Gasteiger partial charge on any atom is 1.00 e. The molecule has 6 nitrogen and oxygen atoms in total. The maximum atomic E-state index is 14.3. The minimum absolute atomic E-state index is 0.